The maximum absolute atomic E-state index is 2.73. The fraction of sp³-hybridized carbons (Fsp3) is 0.333. The fourth-order valence-electron chi connectivity index (χ4n) is 14.5. The van der Waals surface area contributed by atoms with E-state index >= 15 is 0 Å². The van der Waals surface area contributed by atoms with Crippen LogP contribution in [0.3, 0.4) is 0 Å². The Balaban J connectivity index is 1.18. The number of nitrogens with zero attached hydrogens (tertiary/aromatic N) is 2. The maximum atomic E-state index is 2.73. The highest BCUT2D eigenvalue weighted by molar-refractivity contribution is 7.00. The van der Waals surface area contributed by atoms with Crippen molar-refractivity contribution in [3.63, 3.8) is 0 Å². The van der Waals surface area contributed by atoms with Gasteiger partial charge in [-0.25, -0.2) is 0 Å². The highest BCUT2D eigenvalue weighted by Crippen LogP contribution is 2.55. The van der Waals surface area contributed by atoms with Crippen molar-refractivity contribution < 1.29 is 0 Å². The molecule has 75 heavy (non-hydrogen) atoms. The second kappa shape index (κ2) is 17.5. The minimum atomic E-state index is -0.0213. The van der Waals surface area contributed by atoms with Crippen molar-refractivity contribution in [2.24, 2.45) is 0 Å². The molecule has 1 unspecified atom stereocenters. The average Bonchev–Trinajstić information content (AvgIpc) is 3.61. The van der Waals surface area contributed by atoms with Crippen LogP contribution in [0.1, 0.15) is 163 Å². The number of fused-ring (bicyclic) bond motifs is 6. The van der Waals surface area contributed by atoms with Crippen LogP contribution in [0.4, 0.5) is 34.1 Å². The first-order chi connectivity index (χ1) is 35.6. The Hall–Kier alpha value is -6.58. The molecule has 8 aromatic rings. The van der Waals surface area contributed by atoms with Gasteiger partial charge in [-0.3, -0.25) is 0 Å². The SMILES string of the molecule is Cc1cc2c3c(c1)N(c1ccc(C(C)(C)C)cc1-c1ccccc1)c1cc4c(cc1B3c1ccc(C(CCc3ccccc3)c3ccccc3)cc1N2c1cc2c(cc1C)C(C)(C)CCC2(C)C)C(C)(C)CC4(C)C. The summed E-state index contributed by atoms with van der Waals surface area (Å²) >= 11 is 0. The molecule has 0 fully saturated rings. The quantitative estimate of drug-likeness (QED) is 0.140. The average molecular weight is 981 g/mol. The lowest BCUT2D eigenvalue weighted by molar-refractivity contribution is 0.332. The molecule has 8 aromatic carbocycles. The lowest BCUT2D eigenvalue weighted by atomic mass is 9.33. The summed E-state index contributed by atoms with van der Waals surface area (Å²) in [7, 11) is 0. The van der Waals surface area contributed by atoms with Gasteiger partial charge in [0.05, 0.1) is 5.69 Å². The first-order valence-electron chi connectivity index (χ1n) is 28.1. The van der Waals surface area contributed by atoms with E-state index in [-0.39, 0.29) is 39.7 Å². The van der Waals surface area contributed by atoms with Crippen molar-refractivity contribution >= 4 is 57.2 Å². The topological polar surface area (TPSA) is 6.48 Å². The summed E-state index contributed by atoms with van der Waals surface area (Å²) in [5.41, 5.74) is 28.5. The molecule has 2 aliphatic heterocycles. The van der Waals surface area contributed by atoms with Crippen LogP contribution in [0, 0.1) is 13.8 Å². The summed E-state index contributed by atoms with van der Waals surface area (Å²) in [6.07, 6.45) is 5.49. The van der Waals surface area contributed by atoms with Crippen molar-refractivity contribution in [3.05, 3.63) is 219 Å². The van der Waals surface area contributed by atoms with Crippen LogP contribution in [0.5, 0.6) is 0 Å². The molecule has 2 heterocycles. The zero-order chi connectivity index (χ0) is 52.6. The molecule has 0 radical (unpaired) electrons. The van der Waals surface area contributed by atoms with Crippen molar-refractivity contribution in [2.45, 2.75) is 155 Å². The van der Waals surface area contributed by atoms with Crippen LogP contribution in [-0.2, 0) is 33.5 Å². The summed E-state index contributed by atoms with van der Waals surface area (Å²) < 4.78 is 0. The predicted octanol–water partition coefficient (Wildman–Crippen LogP) is 17.4. The van der Waals surface area contributed by atoms with Crippen LogP contribution < -0.4 is 26.2 Å². The first kappa shape index (κ1) is 49.3. The normalized spacial score (nSPS) is 17.6. The number of anilines is 6. The highest BCUT2D eigenvalue weighted by Gasteiger charge is 2.49. The molecule has 0 saturated heterocycles. The Morgan fingerprint density at radius 1 is 0.480 bits per heavy atom. The van der Waals surface area contributed by atoms with E-state index in [0.717, 1.165) is 19.3 Å². The molecule has 12 rings (SSSR count). The third-order valence-electron chi connectivity index (χ3n) is 18.5. The van der Waals surface area contributed by atoms with Gasteiger partial charge in [0.25, 0.3) is 6.71 Å². The number of hydrogen-bond donors (Lipinski definition) is 0. The predicted molar refractivity (Wildman–Crippen MR) is 323 cm³/mol. The molecule has 3 heteroatoms. The van der Waals surface area contributed by atoms with Gasteiger partial charge in [-0.15, -0.1) is 0 Å². The van der Waals surface area contributed by atoms with Gasteiger partial charge < -0.3 is 9.80 Å². The van der Waals surface area contributed by atoms with Crippen molar-refractivity contribution in [1.82, 2.24) is 0 Å². The monoisotopic (exact) mass is 981 g/mol. The Morgan fingerprint density at radius 3 is 1.67 bits per heavy atom. The minimum absolute atomic E-state index is 0.00814. The summed E-state index contributed by atoms with van der Waals surface area (Å²) in [5, 5.41) is 0. The summed E-state index contributed by atoms with van der Waals surface area (Å²) in [6, 6.07) is 64.2. The largest absolute Gasteiger partial charge is 0.311 e. The van der Waals surface area contributed by atoms with Gasteiger partial charge in [-0.05, 0) is 193 Å². The molecule has 1 atom stereocenters. The minimum Gasteiger partial charge on any atom is -0.311 e. The van der Waals surface area contributed by atoms with Crippen LogP contribution in [-0.4, -0.2) is 6.71 Å². The molecule has 0 aromatic heterocycles. The van der Waals surface area contributed by atoms with Crippen LogP contribution in [0.25, 0.3) is 11.1 Å². The highest BCUT2D eigenvalue weighted by atomic mass is 15.2. The van der Waals surface area contributed by atoms with Crippen molar-refractivity contribution in [2.75, 3.05) is 9.80 Å². The fourth-order valence-corrected chi connectivity index (χ4v) is 14.5. The Bertz CT molecular complexity index is 3540. The van der Waals surface area contributed by atoms with E-state index in [1.54, 1.807) is 0 Å². The van der Waals surface area contributed by atoms with E-state index in [1.807, 2.05) is 0 Å². The van der Waals surface area contributed by atoms with E-state index in [2.05, 4.69) is 264 Å². The van der Waals surface area contributed by atoms with Gasteiger partial charge in [0.15, 0.2) is 0 Å². The zero-order valence-corrected chi connectivity index (χ0v) is 47.2. The third-order valence-corrected chi connectivity index (χ3v) is 18.5. The van der Waals surface area contributed by atoms with Gasteiger partial charge in [0, 0.05) is 39.9 Å². The molecule has 0 spiro atoms. The molecule has 0 N–H and O–H groups in total. The van der Waals surface area contributed by atoms with E-state index in [9.17, 15) is 0 Å². The van der Waals surface area contributed by atoms with Gasteiger partial charge in [0.2, 0.25) is 0 Å². The second-order valence-electron chi connectivity index (χ2n) is 26.8. The molecule has 0 amide bonds. The number of rotatable bonds is 8. The lowest BCUT2D eigenvalue weighted by Gasteiger charge is -2.47. The standard InChI is InChI=1S/C72H77BN2/c1-46-37-65-67-66(38-46)75(62-43-57-55(39-47(62)2)69(6,7)35-36-70(57,8)9)63-40-51(53(49-25-19-15-20-26-49)32-29-48-23-17-14-18-24-48)30-33-59(63)73(67)60-42-56-58(72(12,13)45-71(56,10)11)44-64(60)74(65)61-34-31-52(68(3,4)5)41-54(61)50-27-21-16-22-28-50/h14-28,30-31,33-34,37-44,53H,29,32,35-36,45H2,1-13H3. The van der Waals surface area contributed by atoms with Gasteiger partial charge in [0.1, 0.15) is 0 Å². The Morgan fingerprint density at radius 2 is 1.03 bits per heavy atom. The molecule has 2 nitrogen and oxygen atoms in total. The lowest BCUT2D eigenvalue weighted by Crippen LogP contribution is -2.61. The first-order valence-corrected chi connectivity index (χ1v) is 28.1. The van der Waals surface area contributed by atoms with Crippen molar-refractivity contribution in [1.29, 1.82) is 0 Å². The summed E-state index contributed by atoms with van der Waals surface area (Å²) in [5.74, 6) is 0.213. The van der Waals surface area contributed by atoms with Crippen LogP contribution >= 0.6 is 0 Å². The molecule has 2 aliphatic carbocycles. The summed E-state index contributed by atoms with van der Waals surface area (Å²) in [6.45, 7) is 31.6. The number of aryl methyl sites for hydroxylation is 3. The molecular weight excluding hydrogens is 904 g/mol. The van der Waals surface area contributed by atoms with Crippen LogP contribution in [0.2, 0.25) is 0 Å². The molecule has 0 bridgehead atoms. The third kappa shape index (κ3) is 8.22. The molecule has 378 valence electrons. The second-order valence-corrected chi connectivity index (χ2v) is 26.8. The zero-order valence-electron chi connectivity index (χ0n) is 47.2. The molecular formula is C72H77BN2. The smallest absolute Gasteiger partial charge is 0.252 e. The van der Waals surface area contributed by atoms with Crippen LogP contribution in [0.15, 0.2) is 164 Å². The van der Waals surface area contributed by atoms with E-state index in [4.69, 9.17) is 0 Å². The van der Waals surface area contributed by atoms with E-state index in [1.165, 1.54) is 130 Å². The number of benzene rings is 8. The molecule has 0 saturated carbocycles. The van der Waals surface area contributed by atoms with Gasteiger partial charge in [-0.2, -0.15) is 0 Å². The Labute approximate surface area is 450 Å². The summed E-state index contributed by atoms with van der Waals surface area (Å²) in [4.78, 5) is 5.43. The number of hydrogen-bond acceptors (Lipinski definition) is 2. The Kier molecular flexibility index (Phi) is 11.5. The maximum Gasteiger partial charge on any atom is 0.252 e. The molecule has 4 aliphatic rings. The van der Waals surface area contributed by atoms with E-state index < -0.39 is 0 Å². The van der Waals surface area contributed by atoms with Crippen molar-refractivity contribution in [3.8, 4) is 11.1 Å². The van der Waals surface area contributed by atoms with E-state index in [0.29, 0.717) is 0 Å². The van der Waals surface area contributed by atoms with Gasteiger partial charge in [-0.1, -0.05) is 197 Å². The van der Waals surface area contributed by atoms with Gasteiger partial charge >= 0.3 is 0 Å².